The van der Waals surface area contributed by atoms with Crippen LogP contribution < -0.4 is 5.32 Å². The lowest BCUT2D eigenvalue weighted by atomic mass is 10.1. The molecular weight excluding hydrogens is 168 g/mol. The van der Waals surface area contributed by atoms with Crippen molar-refractivity contribution in [2.75, 3.05) is 19.6 Å². The zero-order valence-electron chi connectivity index (χ0n) is 8.01. The number of rotatable bonds is 3. The summed E-state index contributed by atoms with van der Waals surface area (Å²) in [4.78, 5) is 23.7. The Labute approximate surface area is 78.3 Å². The summed E-state index contributed by atoms with van der Waals surface area (Å²) in [5, 5.41) is 2.68. The van der Waals surface area contributed by atoms with Crippen LogP contribution in [0.1, 0.15) is 26.2 Å². The van der Waals surface area contributed by atoms with Gasteiger partial charge in [-0.2, -0.15) is 0 Å². The summed E-state index contributed by atoms with van der Waals surface area (Å²) in [6, 6.07) is 0. The summed E-state index contributed by atoms with van der Waals surface area (Å²) in [5.41, 5.74) is 0. The number of amides is 2. The van der Waals surface area contributed by atoms with Crippen molar-refractivity contribution in [2.24, 2.45) is 0 Å². The molecule has 0 aromatic rings. The van der Waals surface area contributed by atoms with Crippen LogP contribution in [0.2, 0.25) is 0 Å². The van der Waals surface area contributed by atoms with Crippen LogP contribution >= 0.6 is 0 Å². The summed E-state index contributed by atoms with van der Waals surface area (Å²) in [7, 11) is 0. The van der Waals surface area contributed by atoms with Crippen molar-refractivity contribution in [3.05, 3.63) is 0 Å². The van der Waals surface area contributed by atoms with Gasteiger partial charge in [0.25, 0.3) is 0 Å². The number of likely N-dealkylation sites (tertiary alicyclic amines) is 1. The molecule has 0 atom stereocenters. The summed E-state index contributed by atoms with van der Waals surface area (Å²) >= 11 is 0. The van der Waals surface area contributed by atoms with E-state index in [1.54, 1.807) is 0 Å². The van der Waals surface area contributed by atoms with Crippen molar-refractivity contribution in [3.63, 3.8) is 0 Å². The average molecular weight is 184 g/mol. The molecule has 0 unspecified atom stereocenters. The molecule has 0 aliphatic carbocycles. The second-order valence-corrected chi connectivity index (χ2v) is 3.32. The van der Waals surface area contributed by atoms with Gasteiger partial charge in [0, 0.05) is 33.0 Å². The third kappa shape index (κ3) is 3.44. The standard InChI is InChI=1S/C9H16N2O2/c1-8(12)10-5-7-11-6-3-2-4-9(11)13/h2-7H2,1H3,(H,10,12). The van der Waals surface area contributed by atoms with Crippen LogP contribution in [-0.4, -0.2) is 36.3 Å². The van der Waals surface area contributed by atoms with Gasteiger partial charge in [-0.15, -0.1) is 0 Å². The number of carbonyl (C=O) groups is 2. The van der Waals surface area contributed by atoms with Crippen molar-refractivity contribution in [1.82, 2.24) is 10.2 Å². The molecule has 1 heterocycles. The minimum absolute atomic E-state index is 0.0375. The first kappa shape index (κ1) is 10.0. The van der Waals surface area contributed by atoms with Crippen LogP contribution in [0, 0.1) is 0 Å². The molecule has 0 spiro atoms. The molecule has 0 aromatic heterocycles. The average Bonchev–Trinajstić information content (AvgIpc) is 2.08. The molecule has 1 rings (SSSR count). The highest BCUT2D eigenvalue weighted by Crippen LogP contribution is 2.09. The number of piperidine rings is 1. The Kier molecular flexibility index (Phi) is 3.73. The van der Waals surface area contributed by atoms with Gasteiger partial charge in [0.05, 0.1) is 0 Å². The highest BCUT2D eigenvalue weighted by molar-refractivity contribution is 5.77. The second-order valence-electron chi connectivity index (χ2n) is 3.32. The maximum atomic E-state index is 11.3. The fourth-order valence-corrected chi connectivity index (χ4v) is 1.47. The molecule has 1 fully saturated rings. The molecule has 0 radical (unpaired) electrons. The number of carbonyl (C=O) groups excluding carboxylic acids is 2. The van der Waals surface area contributed by atoms with Gasteiger partial charge in [0.2, 0.25) is 11.8 Å². The van der Waals surface area contributed by atoms with E-state index in [4.69, 9.17) is 0 Å². The molecule has 13 heavy (non-hydrogen) atoms. The maximum Gasteiger partial charge on any atom is 0.222 e. The number of nitrogens with zero attached hydrogens (tertiary/aromatic N) is 1. The zero-order chi connectivity index (χ0) is 9.68. The Morgan fingerprint density at radius 1 is 1.54 bits per heavy atom. The molecule has 1 aliphatic rings. The largest absolute Gasteiger partial charge is 0.355 e. The van der Waals surface area contributed by atoms with Gasteiger partial charge in [-0.25, -0.2) is 0 Å². The predicted octanol–water partition coefficient (Wildman–Crippen LogP) is 0.135. The molecule has 74 valence electrons. The molecule has 4 nitrogen and oxygen atoms in total. The lowest BCUT2D eigenvalue weighted by molar-refractivity contribution is -0.133. The summed E-state index contributed by atoms with van der Waals surface area (Å²) in [6.45, 7) is 3.55. The Hall–Kier alpha value is -1.06. The molecule has 0 saturated carbocycles. The summed E-state index contributed by atoms with van der Waals surface area (Å²) < 4.78 is 0. The molecule has 1 aliphatic heterocycles. The molecule has 4 heteroatoms. The quantitative estimate of drug-likeness (QED) is 0.678. The monoisotopic (exact) mass is 184 g/mol. The normalized spacial score (nSPS) is 17.3. The van der Waals surface area contributed by atoms with Crippen molar-refractivity contribution in [3.8, 4) is 0 Å². The van der Waals surface area contributed by atoms with E-state index < -0.39 is 0 Å². The van der Waals surface area contributed by atoms with E-state index in [0.717, 1.165) is 19.4 Å². The van der Waals surface area contributed by atoms with Crippen LogP contribution in [0.15, 0.2) is 0 Å². The van der Waals surface area contributed by atoms with E-state index in [0.29, 0.717) is 19.5 Å². The molecule has 0 aromatic carbocycles. The highest BCUT2D eigenvalue weighted by atomic mass is 16.2. The smallest absolute Gasteiger partial charge is 0.222 e. The summed E-state index contributed by atoms with van der Waals surface area (Å²) in [6.07, 6.45) is 2.77. The van der Waals surface area contributed by atoms with E-state index in [1.807, 2.05) is 4.90 Å². The van der Waals surface area contributed by atoms with Gasteiger partial charge >= 0.3 is 0 Å². The zero-order valence-corrected chi connectivity index (χ0v) is 8.01. The van der Waals surface area contributed by atoms with Crippen molar-refractivity contribution < 1.29 is 9.59 Å². The maximum absolute atomic E-state index is 11.3. The lowest BCUT2D eigenvalue weighted by Gasteiger charge is -2.26. The van der Waals surface area contributed by atoms with E-state index in [9.17, 15) is 9.59 Å². The highest BCUT2D eigenvalue weighted by Gasteiger charge is 2.16. The van der Waals surface area contributed by atoms with Gasteiger partial charge in [-0.3, -0.25) is 9.59 Å². The van der Waals surface area contributed by atoms with Gasteiger partial charge in [-0.1, -0.05) is 0 Å². The molecular formula is C9H16N2O2. The number of hydrogen-bond acceptors (Lipinski definition) is 2. The molecule has 1 saturated heterocycles. The number of nitrogens with one attached hydrogen (secondary N) is 1. The van der Waals surface area contributed by atoms with E-state index in [1.165, 1.54) is 6.92 Å². The van der Waals surface area contributed by atoms with E-state index >= 15 is 0 Å². The topological polar surface area (TPSA) is 49.4 Å². The Morgan fingerprint density at radius 3 is 2.92 bits per heavy atom. The fourth-order valence-electron chi connectivity index (χ4n) is 1.47. The van der Waals surface area contributed by atoms with E-state index in [2.05, 4.69) is 5.32 Å². The third-order valence-electron chi connectivity index (χ3n) is 2.18. The Balaban J connectivity index is 2.19. The third-order valence-corrected chi connectivity index (χ3v) is 2.18. The van der Waals surface area contributed by atoms with E-state index in [-0.39, 0.29) is 11.8 Å². The minimum Gasteiger partial charge on any atom is -0.355 e. The molecule has 1 N–H and O–H groups in total. The lowest BCUT2D eigenvalue weighted by Crippen LogP contribution is -2.40. The van der Waals surface area contributed by atoms with Gasteiger partial charge < -0.3 is 10.2 Å². The van der Waals surface area contributed by atoms with Gasteiger partial charge in [-0.05, 0) is 12.8 Å². The SMILES string of the molecule is CC(=O)NCCN1CCCCC1=O. The van der Waals surface area contributed by atoms with Crippen LogP contribution in [0.5, 0.6) is 0 Å². The Bertz CT molecular complexity index is 204. The molecule has 2 amide bonds. The fraction of sp³-hybridized carbons (Fsp3) is 0.778. The predicted molar refractivity (Wildman–Crippen MR) is 49.1 cm³/mol. The van der Waals surface area contributed by atoms with Crippen molar-refractivity contribution >= 4 is 11.8 Å². The minimum atomic E-state index is -0.0375. The van der Waals surface area contributed by atoms with Crippen molar-refractivity contribution in [1.29, 1.82) is 0 Å². The first-order valence-corrected chi connectivity index (χ1v) is 4.72. The van der Waals surface area contributed by atoms with Crippen LogP contribution in [0.3, 0.4) is 0 Å². The van der Waals surface area contributed by atoms with Crippen LogP contribution in [0.4, 0.5) is 0 Å². The first-order valence-electron chi connectivity index (χ1n) is 4.72. The van der Waals surface area contributed by atoms with Crippen molar-refractivity contribution in [2.45, 2.75) is 26.2 Å². The van der Waals surface area contributed by atoms with Crippen LogP contribution in [0.25, 0.3) is 0 Å². The van der Waals surface area contributed by atoms with Gasteiger partial charge in [0.15, 0.2) is 0 Å². The summed E-state index contributed by atoms with van der Waals surface area (Å²) in [5.74, 6) is 0.182. The number of hydrogen-bond donors (Lipinski definition) is 1. The first-order chi connectivity index (χ1) is 6.20. The van der Waals surface area contributed by atoms with Crippen LogP contribution in [-0.2, 0) is 9.59 Å². The Morgan fingerprint density at radius 2 is 2.31 bits per heavy atom. The van der Waals surface area contributed by atoms with Gasteiger partial charge in [0.1, 0.15) is 0 Å². The molecule has 0 bridgehead atoms. The second kappa shape index (κ2) is 4.84.